The molecule has 2 aromatic rings. The summed E-state index contributed by atoms with van der Waals surface area (Å²) in [5.74, 6) is -0.115. The van der Waals surface area contributed by atoms with Crippen LogP contribution in [-0.2, 0) is 5.41 Å². The number of nitrogens with zero attached hydrogens (tertiary/aromatic N) is 2. The predicted octanol–water partition coefficient (Wildman–Crippen LogP) is 6.10. The predicted molar refractivity (Wildman–Crippen MR) is 110 cm³/mol. The van der Waals surface area contributed by atoms with Crippen LogP contribution >= 0.6 is 0 Å². The fourth-order valence-corrected chi connectivity index (χ4v) is 3.75. The molecular formula is C24H31FN2. The molecule has 2 rings (SSSR count). The van der Waals surface area contributed by atoms with E-state index in [4.69, 9.17) is 0 Å². The summed E-state index contributed by atoms with van der Waals surface area (Å²) in [6, 6.07) is 20.1. The van der Waals surface area contributed by atoms with Crippen LogP contribution in [0.3, 0.4) is 0 Å². The molecule has 27 heavy (non-hydrogen) atoms. The molecule has 3 atom stereocenters. The topological polar surface area (TPSA) is 27.0 Å². The summed E-state index contributed by atoms with van der Waals surface area (Å²) in [6.07, 6.45) is 1.65. The second-order valence-electron chi connectivity index (χ2n) is 7.88. The van der Waals surface area contributed by atoms with E-state index in [0.717, 1.165) is 18.4 Å². The molecule has 0 fully saturated rings. The third kappa shape index (κ3) is 4.76. The molecule has 0 aliphatic heterocycles. The lowest BCUT2D eigenvalue weighted by molar-refractivity contribution is 0.175. The molecule has 144 valence electrons. The van der Waals surface area contributed by atoms with Gasteiger partial charge in [0.25, 0.3) is 0 Å². The summed E-state index contributed by atoms with van der Waals surface area (Å²) in [6.45, 7) is 8.58. The van der Waals surface area contributed by atoms with Crippen molar-refractivity contribution in [1.29, 1.82) is 5.26 Å². The lowest BCUT2D eigenvalue weighted by atomic mass is 9.69. The molecule has 0 saturated heterocycles. The number of hydrogen-bond acceptors (Lipinski definition) is 2. The Kier molecular flexibility index (Phi) is 7.16. The normalized spacial score (nSPS) is 16.0. The molecule has 0 saturated carbocycles. The molecule has 0 aliphatic carbocycles. The highest BCUT2D eigenvalue weighted by Gasteiger charge is 2.36. The highest BCUT2D eigenvalue weighted by molar-refractivity contribution is 5.33. The first-order valence-corrected chi connectivity index (χ1v) is 9.76. The number of rotatable bonds is 8. The van der Waals surface area contributed by atoms with Gasteiger partial charge in [-0.2, -0.15) is 5.26 Å². The van der Waals surface area contributed by atoms with Crippen LogP contribution < -0.4 is 0 Å². The second kappa shape index (κ2) is 9.15. The number of hydrogen-bond donors (Lipinski definition) is 0. The first-order chi connectivity index (χ1) is 12.8. The molecule has 0 aliphatic rings. The Labute approximate surface area is 163 Å². The van der Waals surface area contributed by atoms with Crippen molar-refractivity contribution in [1.82, 2.24) is 4.90 Å². The minimum atomic E-state index is -0.598. The van der Waals surface area contributed by atoms with Gasteiger partial charge in [-0.3, -0.25) is 4.90 Å². The first-order valence-electron chi connectivity index (χ1n) is 9.76. The van der Waals surface area contributed by atoms with E-state index >= 15 is 0 Å². The molecule has 3 heteroatoms. The molecule has 0 bridgehead atoms. The Balaban J connectivity index is 2.14. The van der Waals surface area contributed by atoms with Gasteiger partial charge in [0.05, 0.1) is 11.5 Å². The maximum Gasteiger partial charge on any atom is 0.123 e. The third-order valence-corrected chi connectivity index (χ3v) is 6.09. The SMILES string of the molecule is CC(CCC(C#N)(c1ccc(F)cc1)C(C)C)N(C)C(C)c1ccccc1. The van der Waals surface area contributed by atoms with Crippen LogP contribution in [0.15, 0.2) is 54.6 Å². The van der Waals surface area contributed by atoms with E-state index in [0.29, 0.717) is 12.1 Å². The Morgan fingerprint density at radius 1 is 1.00 bits per heavy atom. The Morgan fingerprint density at radius 3 is 2.11 bits per heavy atom. The smallest absolute Gasteiger partial charge is 0.123 e. The van der Waals surface area contributed by atoms with Crippen LogP contribution in [0.2, 0.25) is 0 Å². The minimum absolute atomic E-state index is 0.150. The highest BCUT2D eigenvalue weighted by atomic mass is 19.1. The fourth-order valence-electron chi connectivity index (χ4n) is 3.75. The van der Waals surface area contributed by atoms with Crippen LogP contribution in [-0.4, -0.2) is 18.0 Å². The van der Waals surface area contributed by atoms with Crippen LogP contribution in [0.4, 0.5) is 4.39 Å². The van der Waals surface area contributed by atoms with E-state index in [1.165, 1.54) is 17.7 Å². The largest absolute Gasteiger partial charge is 0.297 e. The van der Waals surface area contributed by atoms with Crippen LogP contribution in [0.1, 0.15) is 57.7 Å². The van der Waals surface area contributed by atoms with Crippen LogP contribution in [0, 0.1) is 23.1 Å². The average molecular weight is 367 g/mol. The maximum absolute atomic E-state index is 13.4. The summed E-state index contributed by atoms with van der Waals surface area (Å²) >= 11 is 0. The molecule has 0 heterocycles. The van der Waals surface area contributed by atoms with Gasteiger partial charge in [-0.25, -0.2) is 4.39 Å². The number of nitriles is 1. The molecule has 0 N–H and O–H groups in total. The zero-order valence-corrected chi connectivity index (χ0v) is 17.1. The van der Waals surface area contributed by atoms with E-state index in [1.54, 1.807) is 12.1 Å². The van der Waals surface area contributed by atoms with E-state index in [-0.39, 0.29) is 11.7 Å². The van der Waals surface area contributed by atoms with Crippen molar-refractivity contribution in [3.05, 3.63) is 71.5 Å². The number of benzene rings is 2. The van der Waals surface area contributed by atoms with Gasteiger partial charge in [0.15, 0.2) is 0 Å². The molecular weight excluding hydrogens is 335 g/mol. The van der Waals surface area contributed by atoms with Gasteiger partial charge in [0.2, 0.25) is 0 Å². The Morgan fingerprint density at radius 2 is 1.59 bits per heavy atom. The quantitative estimate of drug-likeness (QED) is 0.564. The van der Waals surface area contributed by atoms with Gasteiger partial charge in [0.1, 0.15) is 5.82 Å². The Hall–Kier alpha value is -2.18. The standard InChI is InChI=1S/C24H31FN2/c1-18(2)24(17-26,22-11-13-23(25)14-12-22)16-15-19(3)27(5)20(4)21-9-7-6-8-10-21/h6-14,18-20H,15-16H2,1-5H3. The van der Waals surface area contributed by atoms with E-state index < -0.39 is 5.41 Å². The molecule has 2 nitrogen and oxygen atoms in total. The zero-order chi connectivity index (χ0) is 20.0. The van der Waals surface area contributed by atoms with E-state index in [2.05, 4.69) is 70.0 Å². The summed E-state index contributed by atoms with van der Waals surface area (Å²) in [4.78, 5) is 2.36. The molecule has 3 unspecified atom stereocenters. The van der Waals surface area contributed by atoms with Gasteiger partial charge in [-0.1, -0.05) is 56.3 Å². The minimum Gasteiger partial charge on any atom is -0.297 e. The maximum atomic E-state index is 13.4. The van der Waals surface area contributed by atoms with Crippen molar-refractivity contribution in [2.24, 2.45) is 5.92 Å². The van der Waals surface area contributed by atoms with E-state index in [9.17, 15) is 9.65 Å². The van der Waals surface area contributed by atoms with Crippen molar-refractivity contribution in [3.8, 4) is 6.07 Å². The molecule has 0 amide bonds. The lowest BCUT2D eigenvalue weighted by Gasteiger charge is -2.36. The monoisotopic (exact) mass is 366 g/mol. The molecule has 2 aromatic carbocycles. The van der Waals surface area contributed by atoms with Crippen molar-refractivity contribution in [3.63, 3.8) is 0 Å². The zero-order valence-electron chi connectivity index (χ0n) is 17.1. The van der Waals surface area contributed by atoms with Gasteiger partial charge in [-0.15, -0.1) is 0 Å². The van der Waals surface area contributed by atoms with Gasteiger partial charge in [-0.05, 0) is 62.9 Å². The van der Waals surface area contributed by atoms with Crippen molar-refractivity contribution in [2.75, 3.05) is 7.05 Å². The molecule has 0 aromatic heterocycles. The summed E-state index contributed by atoms with van der Waals surface area (Å²) in [7, 11) is 2.14. The third-order valence-electron chi connectivity index (χ3n) is 6.09. The highest BCUT2D eigenvalue weighted by Crippen LogP contribution is 2.37. The lowest BCUT2D eigenvalue weighted by Crippen LogP contribution is -2.36. The van der Waals surface area contributed by atoms with Gasteiger partial charge >= 0.3 is 0 Å². The summed E-state index contributed by atoms with van der Waals surface area (Å²) < 4.78 is 13.4. The molecule has 0 radical (unpaired) electrons. The van der Waals surface area contributed by atoms with Gasteiger partial charge in [0, 0.05) is 12.1 Å². The van der Waals surface area contributed by atoms with Crippen molar-refractivity contribution in [2.45, 2.75) is 58.0 Å². The second-order valence-corrected chi connectivity index (χ2v) is 7.88. The van der Waals surface area contributed by atoms with Crippen molar-refractivity contribution >= 4 is 0 Å². The van der Waals surface area contributed by atoms with Gasteiger partial charge < -0.3 is 0 Å². The molecule has 0 spiro atoms. The van der Waals surface area contributed by atoms with Crippen LogP contribution in [0.5, 0.6) is 0 Å². The van der Waals surface area contributed by atoms with Crippen molar-refractivity contribution < 1.29 is 4.39 Å². The number of halogens is 1. The van der Waals surface area contributed by atoms with Crippen LogP contribution in [0.25, 0.3) is 0 Å². The first kappa shape index (κ1) is 21.1. The fraction of sp³-hybridized carbons (Fsp3) is 0.458. The summed E-state index contributed by atoms with van der Waals surface area (Å²) in [5, 5.41) is 10.1. The summed E-state index contributed by atoms with van der Waals surface area (Å²) in [5.41, 5.74) is 1.60. The Bertz CT molecular complexity index is 748. The van der Waals surface area contributed by atoms with E-state index in [1.807, 2.05) is 6.07 Å². The average Bonchev–Trinajstić information content (AvgIpc) is 2.69.